The second-order valence-corrected chi connectivity index (χ2v) is 16.4. The maximum absolute atomic E-state index is 13.7. The Labute approximate surface area is 257 Å². The van der Waals surface area contributed by atoms with Crippen LogP contribution in [0.3, 0.4) is 0 Å². The van der Waals surface area contributed by atoms with Crippen LogP contribution < -0.4 is 5.32 Å². The largest absolute Gasteiger partial charge is 0.481 e. The lowest BCUT2D eigenvalue weighted by molar-refractivity contribution is -0.229. The number of rotatable bonds is 7. The Hall–Kier alpha value is -2.12. The van der Waals surface area contributed by atoms with Crippen LogP contribution in [0, 0.1) is 57.2 Å². The standard InChI is InChI=1S/C35H55NO7/c1-21(20-43-28(40)11-10-27(38)39)22-12-17-35(30(41)42-7)19-18-33(5)23(29(22)35)8-9-25-32(4)15-14-26(37)36-31(2,3)24(32)13-16-34(25,33)6/h21-25,29H,8-20H2,1-7H3,(H,36,37)(H,38,39)/t21?,22-,23+,24-,25+,29+,32-,33+,34+,35-/m0/s1. The molecule has 5 fully saturated rings. The van der Waals surface area contributed by atoms with E-state index in [2.05, 4.69) is 46.9 Å². The number of ether oxygens (including phenoxy) is 2. The molecular formula is C35H55NO7. The van der Waals surface area contributed by atoms with Crippen molar-refractivity contribution >= 4 is 23.8 Å². The van der Waals surface area contributed by atoms with Crippen LogP contribution >= 0.6 is 0 Å². The Morgan fingerprint density at radius 2 is 1.63 bits per heavy atom. The minimum Gasteiger partial charge on any atom is -0.481 e. The van der Waals surface area contributed by atoms with Crippen LogP contribution in [0.15, 0.2) is 0 Å². The van der Waals surface area contributed by atoms with Crippen molar-refractivity contribution in [3.63, 3.8) is 0 Å². The molecule has 2 N–H and O–H groups in total. The first-order valence-electron chi connectivity index (χ1n) is 16.8. The van der Waals surface area contributed by atoms with Crippen LogP contribution in [0.5, 0.6) is 0 Å². The van der Waals surface area contributed by atoms with E-state index in [1.54, 1.807) is 0 Å². The Bertz CT molecular complexity index is 1150. The Kier molecular flexibility index (Phi) is 8.29. The zero-order chi connectivity index (χ0) is 31.6. The minimum atomic E-state index is -1.01. The molecule has 5 aliphatic rings. The number of amides is 1. The Morgan fingerprint density at radius 1 is 0.907 bits per heavy atom. The van der Waals surface area contributed by atoms with Crippen LogP contribution in [0.2, 0.25) is 0 Å². The predicted octanol–water partition coefficient (Wildman–Crippen LogP) is 6.15. The first-order chi connectivity index (χ1) is 20.1. The van der Waals surface area contributed by atoms with Gasteiger partial charge in [0.1, 0.15) is 0 Å². The van der Waals surface area contributed by atoms with Crippen molar-refractivity contribution in [1.82, 2.24) is 5.32 Å². The van der Waals surface area contributed by atoms with Gasteiger partial charge in [0.05, 0.1) is 32.0 Å². The summed E-state index contributed by atoms with van der Waals surface area (Å²) in [6, 6.07) is 0. The molecule has 4 aliphatic carbocycles. The molecule has 0 aromatic rings. The van der Waals surface area contributed by atoms with Gasteiger partial charge in [-0.05, 0) is 123 Å². The van der Waals surface area contributed by atoms with Crippen molar-refractivity contribution in [3.8, 4) is 0 Å². The van der Waals surface area contributed by atoms with Gasteiger partial charge in [0, 0.05) is 12.0 Å². The third-order valence-corrected chi connectivity index (χ3v) is 14.3. The monoisotopic (exact) mass is 601 g/mol. The van der Waals surface area contributed by atoms with Crippen molar-refractivity contribution in [1.29, 1.82) is 0 Å². The molecular weight excluding hydrogens is 546 g/mol. The van der Waals surface area contributed by atoms with Crippen molar-refractivity contribution < 1.29 is 33.8 Å². The molecule has 10 atom stereocenters. The molecule has 0 bridgehead atoms. The molecule has 1 saturated heterocycles. The van der Waals surface area contributed by atoms with Crippen LogP contribution in [-0.4, -0.2) is 48.2 Å². The Morgan fingerprint density at radius 3 is 2.30 bits per heavy atom. The average Bonchev–Trinajstić information content (AvgIpc) is 3.30. The van der Waals surface area contributed by atoms with Crippen LogP contribution in [-0.2, 0) is 28.7 Å². The molecule has 1 amide bonds. The maximum Gasteiger partial charge on any atom is 0.312 e. The van der Waals surface area contributed by atoms with Gasteiger partial charge in [-0.3, -0.25) is 19.2 Å². The number of aliphatic carboxylic acids is 1. The summed E-state index contributed by atoms with van der Waals surface area (Å²) in [4.78, 5) is 49.7. The third-order valence-electron chi connectivity index (χ3n) is 14.3. The summed E-state index contributed by atoms with van der Waals surface area (Å²) in [7, 11) is 1.52. The van der Waals surface area contributed by atoms with Crippen molar-refractivity contribution in [3.05, 3.63) is 0 Å². The lowest BCUT2D eigenvalue weighted by atomic mass is 9.33. The number of methoxy groups -OCH3 is 1. The van der Waals surface area contributed by atoms with Crippen molar-refractivity contribution in [2.45, 2.75) is 124 Å². The highest BCUT2D eigenvalue weighted by atomic mass is 16.5. The van der Waals surface area contributed by atoms with Gasteiger partial charge < -0.3 is 19.9 Å². The smallest absolute Gasteiger partial charge is 0.312 e. The maximum atomic E-state index is 13.7. The number of carboxylic acids is 1. The summed E-state index contributed by atoms with van der Waals surface area (Å²) in [6.45, 7) is 14.4. The van der Waals surface area contributed by atoms with Gasteiger partial charge in [0.25, 0.3) is 0 Å². The fourth-order valence-corrected chi connectivity index (χ4v) is 12.3. The Balaban J connectivity index is 1.46. The van der Waals surface area contributed by atoms with E-state index in [-0.39, 0.29) is 70.9 Å². The molecule has 0 aromatic heterocycles. The summed E-state index contributed by atoms with van der Waals surface area (Å²) >= 11 is 0. The van der Waals surface area contributed by atoms with Crippen LogP contribution in [0.1, 0.15) is 119 Å². The second-order valence-electron chi connectivity index (χ2n) is 16.4. The highest BCUT2D eigenvalue weighted by Crippen LogP contribution is 2.76. The quantitative estimate of drug-likeness (QED) is 0.336. The van der Waals surface area contributed by atoms with E-state index < -0.39 is 17.4 Å². The van der Waals surface area contributed by atoms with E-state index in [0.29, 0.717) is 24.2 Å². The van der Waals surface area contributed by atoms with Crippen molar-refractivity contribution in [2.75, 3.05) is 13.7 Å². The second kappa shape index (κ2) is 11.0. The highest BCUT2D eigenvalue weighted by Gasteiger charge is 2.72. The third kappa shape index (κ3) is 4.92. The summed E-state index contributed by atoms with van der Waals surface area (Å²) < 4.78 is 11.1. The lowest BCUT2D eigenvalue weighted by Gasteiger charge is -2.71. The van der Waals surface area contributed by atoms with E-state index in [1.165, 1.54) is 7.11 Å². The van der Waals surface area contributed by atoms with Gasteiger partial charge in [-0.1, -0.05) is 27.7 Å². The van der Waals surface area contributed by atoms with Crippen LogP contribution in [0.4, 0.5) is 0 Å². The molecule has 1 aliphatic heterocycles. The topological polar surface area (TPSA) is 119 Å². The number of hydrogen-bond donors (Lipinski definition) is 2. The van der Waals surface area contributed by atoms with Crippen molar-refractivity contribution in [2.24, 2.45) is 57.2 Å². The number of esters is 2. The molecule has 0 radical (unpaired) electrons. The number of carbonyl (C=O) groups is 4. The lowest BCUT2D eigenvalue weighted by Crippen LogP contribution is -2.66. The van der Waals surface area contributed by atoms with E-state index >= 15 is 0 Å². The highest BCUT2D eigenvalue weighted by molar-refractivity contribution is 5.78. The molecule has 0 spiro atoms. The fourth-order valence-electron chi connectivity index (χ4n) is 12.3. The molecule has 8 nitrogen and oxygen atoms in total. The predicted molar refractivity (Wildman–Crippen MR) is 162 cm³/mol. The normalized spacial score (nSPS) is 43.9. The molecule has 1 unspecified atom stereocenters. The van der Waals surface area contributed by atoms with Crippen LogP contribution in [0.25, 0.3) is 0 Å². The average molecular weight is 602 g/mol. The molecule has 242 valence electrons. The van der Waals surface area contributed by atoms with Gasteiger partial charge in [-0.25, -0.2) is 0 Å². The SMILES string of the molecule is COC(=O)[C@]12CC[C@@H](C(C)COC(=O)CCC(=O)O)[C@@H]1[C@H]1CC[C@@H]3[C@@]4(C)CCC(=O)NC(C)(C)[C@@H]4CC[C@@]3(C)[C@]1(C)CC2. The molecule has 1 heterocycles. The minimum absolute atomic E-state index is 0.0421. The van der Waals surface area contributed by atoms with E-state index in [4.69, 9.17) is 14.6 Å². The number of carboxylic acid groups (broad SMARTS) is 1. The summed E-state index contributed by atoms with van der Waals surface area (Å²) in [6.07, 6.45) is 9.09. The number of fused-ring (bicyclic) bond motifs is 7. The van der Waals surface area contributed by atoms with Gasteiger partial charge in [-0.15, -0.1) is 0 Å². The van der Waals surface area contributed by atoms with Gasteiger partial charge in [0.15, 0.2) is 0 Å². The van der Waals surface area contributed by atoms with Gasteiger partial charge in [0.2, 0.25) is 5.91 Å². The first kappa shape index (κ1) is 32.3. The summed E-state index contributed by atoms with van der Waals surface area (Å²) in [5, 5.41) is 12.3. The van der Waals surface area contributed by atoms with E-state index in [1.807, 2.05) is 0 Å². The van der Waals surface area contributed by atoms with Gasteiger partial charge in [-0.2, -0.15) is 0 Å². The number of hydrogen-bond acceptors (Lipinski definition) is 6. The van der Waals surface area contributed by atoms with E-state index in [9.17, 15) is 19.2 Å². The summed E-state index contributed by atoms with van der Waals surface area (Å²) in [5.74, 6) is 0.349. The molecule has 43 heavy (non-hydrogen) atoms. The molecule has 0 aromatic carbocycles. The number of nitrogens with one attached hydrogen (secondary N) is 1. The zero-order valence-electron chi connectivity index (χ0n) is 27.6. The summed E-state index contributed by atoms with van der Waals surface area (Å²) in [5.41, 5.74) is -0.544. The van der Waals surface area contributed by atoms with Gasteiger partial charge >= 0.3 is 17.9 Å². The zero-order valence-corrected chi connectivity index (χ0v) is 27.6. The van der Waals surface area contributed by atoms with E-state index in [0.717, 1.165) is 57.8 Å². The molecule has 4 saturated carbocycles. The first-order valence-corrected chi connectivity index (χ1v) is 16.8. The molecule has 8 heteroatoms. The molecule has 5 rings (SSSR count). The fraction of sp³-hybridized carbons (Fsp3) is 0.886. The number of carbonyl (C=O) groups excluding carboxylic acids is 3.